The molecule has 164 valence electrons. The smallest absolute Gasteiger partial charge is 0.251 e. The average Bonchev–Trinajstić information content (AvgIpc) is 3.14. The number of amides is 1. The third-order valence-corrected chi connectivity index (χ3v) is 4.98. The van der Waals surface area contributed by atoms with Gasteiger partial charge in [-0.3, -0.25) is 9.78 Å². The second-order valence-corrected chi connectivity index (χ2v) is 7.71. The quantitative estimate of drug-likeness (QED) is 0.453. The van der Waals surface area contributed by atoms with E-state index in [0.29, 0.717) is 23.6 Å². The van der Waals surface area contributed by atoms with Crippen molar-refractivity contribution in [3.05, 3.63) is 83.9 Å². The standard InChI is InChI=1S/C25H26N4O3/c1-17(2)27-25(30)18-11-12-21-20(14-18)28-24(29(21)15-19-8-6-7-13-26-19)16-32-23-10-5-4-9-22(23)31-3/h4-14,17H,15-16H2,1-3H3,(H,27,30). The highest BCUT2D eigenvalue weighted by atomic mass is 16.5. The first kappa shape index (κ1) is 21.4. The molecule has 1 N–H and O–H groups in total. The number of pyridine rings is 1. The number of nitrogens with one attached hydrogen (secondary N) is 1. The molecule has 4 rings (SSSR count). The summed E-state index contributed by atoms with van der Waals surface area (Å²) in [6.07, 6.45) is 1.77. The number of carbonyl (C=O) groups excluding carboxylic acids is 1. The largest absolute Gasteiger partial charge is 0.493 e. The van der Waals surface area contributed by atoms with Crippen LogP contribution in [0.3, 0.4) is 0 Å². The van der Waals surface area contributed by atoms with Crippen molar-refractivity contribution in [2.75, 3.05) is 7.11 Å². The van der Waals surface area contributed by atoms with Gasteiger partial charge in [-0.25, -0.2) is 4.98 Å². The molecule has 2 heterocycles. The SMILES string of the molecule is COc1ccccc1OCc1nc2cc(C(=O)NC(C)C)ccc2n1Cc1ccccn1. The summed E-state index contributed by atoms with van der Waals surface area (Å²) < 4.78 is 13.5. The number of imidazole rings is 1. The molecule has 0 aliphatic rings. The third kappa shape index (κ3) is 4.72. The molecule has 0 aliphatic heterocycles. The number of methoxy groups -OCH3 is 1. The van der Waals surface area contributed by atoms with E-state index in [-0.39, 0.29) is 18.6 Å². The topological polar surface area (TPSA) is 78.3 Å². The number of rotatable bonds is 8. The van der Waals surface area contributed by atoms with Gasteiger partial charge < -0.3 is 19.4 Å². The maximum absolute atomic E-state index is 12.5. The molecule has 0 aliphatic carbocycles. The molecule has 7 nitrogen and oxygen atoms in total. The first-order valence-electron chi connectivity index (χ1n) is 10.5. The van der Waals surface area contributed by atoms with E-state index in [1.165, 1.54) is 0 Å². The minimum atomic E-state index is -0.118. The van der Waals surface area contributed by atoms with Crippen molar-refractivity contribution >= 4 is 16.9 Å². The number of nitrogens with zero attached hydrogens (tertiary/aromatic N) is 3. The van der Waals surface area contributed by atoms with Crippen LogP contribution in [-0.2, 0) is 13.2 Å². The van der Waals surface area contributed by atoms with Crippen molar-refractivity contribution in [2.24, 2.45) is 0 Å². The van der Waals surface area contributed by atoms with Crippen LogP contribution in [0, 0.1) is 0 Å². The number of carbonyl (C=O) groups is 1. The van der Waals surface area contributed by atoms with E-state index in [4.69, 9.17) is 14.5 Å². The predicted octanol–water partition coefficient (Wildman–Crippen LogP) is 4.21. The Bertz CT molecular complexity index is 1220. The first-order valence-corrected chi connectivity index (χ1v) is 10.5. The number of benzene rings is 2. The highest BCUT2D eigenvalue weighted by Crippen LogP contribution is 2.27. The molecule has 32 heavy (non-hydrogen) atoms. The van der Waals surface area contributed by atoms with E-state index in [0.717, 1.165) is 22.6 Å². The first-order chi connectivity index (χ1) is 15.5. The Balaban J connectivity index is 1.70. The van der Waals surface area contributed by atoms with Gasteiger partial charge in [-0.15, -0.1) is 0 Å². The van der Waals surface area contributed by atoms with Gasteiger partial charge in [0, 0.05) is 17.8 Å². The molecule has 0 saturated carbocycles. The van der Waals surface area contributed by atoms with Gasteiger partial charge in [-0.05, 0) is 56.3 Å². The van der Waals surface area contributed by atoms with Gasteiger partial charge in [0.05, 0.1) is 30.4 Å². The summed E-state index contributed by atoms with van der Waals surface area (Å²) >= 11 is 0. The molecule has 0 bridgehead atoms. The molecule has 7 heteroatoms. The number of aromatic nitrogens is 3. The lowest BCUT2D eigenvalue weighted by Gasteiger charge is -2.12. The van der Waals surface area contributed by atoms with Gasteiger partial charge in [0.1, 0.15) is 12.4 Å². The van der Waals surface area contributed by atoms with E-state index < -0.39 is 0 Å². The normalized spacial score (nSPS) is 11.0. The summed E-state index contributed by atoms with van der Waals surface area (Å²) in [5, 5.41) is 2.92. The van der Waals surface area contributed by atoms with Crippen molar-refractivity contribution in [3.8, 4) is 11.5 Å². The lowest BCUT2D eigenvalue weighted by Crippen LogP contribution is -2.29. The Morgan fingerprint density at radius 1 is 1.06 bits per heavy atom. The van der Waals surface area contributed by atoms with Crippen LogP contribution in [0.1, 0.15) is 35.7 Å². The van der Waals surface area contributed by atoms with Gasteiger partial charge in [-0.2, -0.15) is 0 Å². The fourth-order valence-electron chi connectivity index (χ4n) is 3.49. The Morgan fingerprint density at radius 2 is 1.84 bits per heavy atom. The van der Waals surface area contributed by atoms with E-state index >= 15 is 0 Å². The van der Waals surface area contributed by atoms with Crippen molar-refractivity contribution in [1.82, 2.24) is 19.9 Å². The summed E-state index contributed by atoms with van der Waals surface area (Å²) in [5.74, 6) is 1.92. The minimum absolute atomic E-state index is 0.0599. The lowest BCUT2D eigenvalue weighted by molar-refractivity contribution is 0.0943. The second-order valence-electron chi connectivity index (χ2n) is 7.71. The van der Waals surface area contributed by atoms with E-state index in [2.05, 4.69) is 14.9 Å². The molecular formula is C25H26N4O3. The maximum atomic E-state index is 12.5. The van der Waals surface area contributed by atoms with Gasteiger partial charge in [0.2, 0.25) is 0 Å². The Hall–Kier alpha value is -3.87. The molecule has 2 aromatic heterocycles. The van der Waals surface area contributed by atoms with Crippen LogP contribution in [0.5, 0.6) is 11.5 Å². The second kappa shape index (κ2) is 9.51. The molecule has 0 radical (unpaired) electrons. The van der Waals surface area contributed by atoms with Crippen molar-refractivity contribution in [1.29, 1.82) is 0 Å². The van der Waals surface area contributed by atoms with Crippen LogP contribution in [0.2, 0.25) is 0 Å². The molecule has 2 aromatic carbocycles. The Morgan fingerprint density at radius 3 is 2.56 bits per heavy atom. The molecule has 0 spiro atoms. The van der Waals surface area contributed by atoms with E-state index in [9.17, 15) is 4.79 Å². The van der Waals surface area contributed by atoms with Crippen LogP contribution in [0.15, 0.2) is 66.9 Å². The van der Waals surface area contributed by atoms with Gasteiger partial charge in [0.15, 0.2) is 11.5 Å². The number of para-hydroxylation sites is 2. The van der Waals surface area contributed by atoms with Crippen LogP contribution < -0.4 is 14.8 Å². The fourth-order valence-corrected chi connectivity index (χ4v) is 3.49. The van der Waals surface area contributed by atoms with Crippen molar-refractivity contribution < 1.29 is 14.3 Å². The molecule has 1 amide bonds. The monoisotopic (exact) mass is 430 g/mol. The van der Waals surface area contributed by atoms with Crippen LogP contribution >= 0.6 is 0 Å². The number of hydrogen-bond donors (Lipinski definition) is 1. The molecule has 0 unspecified atom stereocenters. The summed E-state index contributed by atoms with van der Waals surface area (Å²) in [6.45, 7) is 4.66. The third-order valence-electron chi connectivity index (χ3n) is 4.98. The zero-order valence-corrected chi connectivity index (χ0v) is 18.4. The summed E-state index contributed by atoms with van der Waals surface area (Å²) in [6, 6.07) is 18.9. The fraction of sp³-hybridized carbons (Fsp3) is 0.240. The summed E-state index contributed by atoms with van der Waals surface area (Å²) in [5.41, 5.74) is 3.13. The summed E-state index contributed by atoms with van der Waals surface area (Å²) in [4.78, 5) is 21.7. The lowest BCUT2D eigenvalue weighted by atomic mass is 10.1. The van der Waals surface area contributed by atoms with Crippen LogP contribution in [0.25, 0.3) is 11.0 Å². The van der Waals surface area contributed by atoms with Gasteiger partial charge in [-0.1, -0.05) is 18.2 Å². The zero-order valence-electron chi connectivity index (χ0n) is 18.4. The number of hydrogen-bond acceptors (Lipinski definition) is 5. The summed E-state index contributed by atoms with van der Waals surface area (Å²) in [7, 11) is 1.61. The predicted molar refractivity (Wildman–Crippen MR) is 123 cm³/mol. The number of ether oxygens (including phenoxy) is 2. The van der Waals surface area contributed by atoms with E-state index in [1.54, 1.807) is 13.3 Å². The average molecular weight is 431 g/mol. The molecule has 4 aromatic rings. The van der Waals surface area contributed by atoms with E-state index in [1.807, 2.05) is 74.5 Å². The molecule has 0 atom stereocenters. The van der Waals surface area contributed by atoms with Gasteiger partial charge >= 0.3 is 0 Å². The van der Waals surface area contributed by atoms with Crippen molar-refractivity contribution in [3.63, 3.8) is 0 Å². The zero-order chi connectivity index (χ0) is 22.5. The molecule has 0 fully saturated rings. The minimum Gasteiger partial charge on any atom is -0.493 e. The molecule has 0 saturated heterocycles. The van der Waals surface area contributed by atoms with Crippen LogP contribution in [0.4, 0.5) is 0 Å². The maximum Gasteiger partial charge on any atom is 0.251 e. The van der Waals surface area contributed by atoms with Crippen LogP contribution in [-0.4, -0.2) is 33.6 Å². The highest BCUT2D eigenvalue weighted by Gasteiger charge is 2.16. The van der Waals surface area contributed by atoms with Gasteiger partial charge in [0.25, 0.3) is 5.91 Å². The highest BCUT2D eigenvalue weighted by molar-refractivity contribution is 5.97. The number of fused-ring (bicyclic) bond motifs is 1. The van der Waals surface area contributed by atoms with Crippen molar-refractivity contribution in [2.45, 2.75) is 33.0 Å². The molecular weight excluding hydrogens is 404 g/mol. The Kier molecular flexibility index (Phi) is 6.35. The Labute approximate surface area is 187 Å².